The summed E-state index contributed by atoms with van der Waals surface area (Å²) < 4.78 is 28.2. The number of hydrogen-bond acceptors (Lipinski definition) is 5. The van der Waals surface area contributed by atoms with Gasteiger partial charge in [-0.1, -0.05) is 24.3 Å². The van der Waals surface area contributed by atoms with E-state index in [1.54, 1.807) is 33.3 Å². The molecule has 1 amide bonds. The van der Waals surface area contributed by atoms with Crippen LogP contribution in [0.4, 0.5) is 0 Å². The summed E-state index contributed by atoms with van der Waals surface area (Å²) in [6.45, 7) is 2.79. The molecule has 0 saturated heterocycles. The van der Waals surface area contributed by atoms with E-state index in [1.807, 2.05) is 25.1 Å². The highest BCUT2D eigenvalue weighted by molar-refractivity contribution is 14.0. The SMILES string of the molecule is COc1cc(C)ccc1CNC(=NCc1ccc(S(N)(=O)=O)cc1)NCC(=O)N(C)C.I. The maximum Gasteiger partial charge on any atom is 0.241 e. The number of carbonyl (C=O) groups is 1. The fourth-order valence-corrected chi connectivity index (χ4v) is 3.14. The summed E-state index contributed by atoms with van der Waals surface area (Å²) in [6, 6.07) is 12.1. The van der Waals surface area contributed by atoms with Gasteiger partial charge in [0.25, 0.3) is 0 Å². The van der Waals surface area contributed by atoms with E-state index >= 15 is 0 Å². The monoisotopic (exact) mass is 575 g/mol. The number of sulfonamides is 1. The van der Waals surface area contributed by atoms with Crippen LogP contribution in [-0.4, -0.2) is 52.9 Å². The average Bonchev–Trinajstić information content (AvgIpc) is 2.73. The molecule has 0 aliphatic rings. The first kappa shape index (κ1) is 27.7. The molecule has 0 spiro atoms. The fraction of sp³-hybridized carbons (Fsp3) is 0.333. The molecule has 0 saturated carbocycles. The molecule has 0 atom stereocenters. The number of ether oxygens (including phenoxy) is 1. The van der Waals surface area contributed by atoms with Crippen LogP contribution >= 0.6 is 24.0 Å². The normalized spacial score (nSPS) is 11.3. The molecule has 11 heteroatoms. The number of carbonyl (C=O) groups excluding carboxylic acids is 1. The van der Waals surface area contributed by atoms with Crippen LogP contribution in [0.15, 0.2) is 52.4 Å². The Hall–Kier alpha value is -2.38. The number of nitrogens with zero attached hydrogens (tertiary/aromatic N) is 2. The van der Waals surface area contributed by atoms with Crippen molar-refractivity contribution < 1.29 is 17.9 Å². The van der Waals surface area contributed by atoms with Gasteiger partial charge in [0.1, 0.15) is 5.75 Å². The molecule has 0 aromatic heterocycles. The Balaban J connectivity index is 0.00000512. The molecule has 4 N–H and O–H groups in total. The summed E-state index contributed by atoms with van der Waals surface area (Å²) in [4.78, 5) is 18.0. The molecule has 0 heterocycles. The lowest BCUT2D eigenvalue weighted by Crippen LogP contribution is -2.42. The summed E-state index contributed by atoms with van der Waals surface area (Å²) in [5, 5.41) is 11.3. The Morgan fingerprint density at radius 2 is 1.78 bits per heavy atom. The van der Waals surface area contributed by atoms with Gasteiger partial charge < -0.3 is 20.3 Å². The second-order valence-corrected chi connectivity index (χ2v) is 8.73. The van der Waals surface area contributed by atoms with Gasteiger partial charge >= 0.3 is 0 Å². The zero-order valence-electron chi connectivity index (χ0n) is 18.6. The summed E-state index contributed by atoms with van der Waals surface area (Å²) in [7, 11) is 1.23. The van der Waals surface area contributed by atoms with Gasteiger partial charge in [-0.2, -0.15) is 0 Å². The Morgan fingerprint density at radius 3 is 2.34 bits per heavy atom. The second kappa shape index (κ2) is 12.6. The fourth-order valence-electron chi connectivity index (χ4n) is 2.62. The molecule has 0 fully saturated rings. The van der Waals surface area contributed by atoms with E-state index in [0.29, 0.717) is 12.5 Å². The first-order valence-corrected chi connectivity index (χ1v) is 11.1. The number of halogens is 1. The number of likely N-dealkylation sites (N-methyl/N-ethyl adjacent to an activating group) is 1. The maximum atomic E-state index is 12.0. The van der Waals surface area contributed by atoms with Gasteiger partial charge in [-0.05, 0) is 36.2 Å². The van der Waals surface area contributed by atoms with Crippen molar-refractivity contribution in [2.45, 2.75) is 24.9 Å². The maximum absolute atomic E-state index is 12.0. The van der Waals surface area contributed by atoms with Crippen molar-refractivity contribution in [2.24, 2.45) is 10.1 Å². The van der Waals surface area contributed by atoms with E-state index in [0.717, 1.165) is 22.4 Å². The first-order valence-electron chi connectivity index (χ1n) is 9.57. The average molecular weight is 575 g/mol. The highest BCUT2D eigenvalue weighted by Crippen LogP contribution is 2.19. The lowest BCUT2D eigenvalue weighted by Gasteiger charge is -2.16. The second-order valence-electron chi connectivity index (χ2n) is 7.16. The number of primary sulfonamides is 1. The molecule has 2 rings (SSSR count). The molecule has 2 aromatic rings. The minimum absolute atomic E-state index is 0. The Bertz CT molecular complexity index is 1040. The third-order valence-electron chi connectivity index (χ3n) is 4.47. The number of benzene rings is 2. The molecule has 0 aliphatic carbocycles. The number of nitrogens with one attached hydrogen (secondary N) is 2. The van der Waals surface area contributed by atoms with Crippen molar-refractivity contribution in [3.05, 3.63) is 59.2 Å². The van der Waals surface area contributed by atoms with Crippen molar-refractivity contribution in [3.8, 4) is 5.75 Å². The van der Waals surface area contributed by atoms with E-state index < -0.39 is 10.0 Å². The van der Waals surface area contributed by atoms with Crippen molar-refractivity contribution in [2.75, 3.05) is 27.7 Å². The van der Waals surface area contributed by atoms with Crippen LogP contribution in [0.1, 0.15) is 16.7 Å². The number of amides is 1. The van der Waals surface area contributed by atoms with Gasteiger partial charge in [0.2, 0.25) is 15.9 Å². The molecule has 0 unspecified atom stereocenters. The van der Waals surface area contributed by atoms with Crippen molar-refractivity contribution in [3.63, 3.8) is 0 Å². The van der Waals surface area contributed by atoms with Crippen molar-refractivity contribution in [1.29, 1.82) is 0 Å². The van der Waals surface area contributed by atoms with Gasteiger partial charge in [-0.3, -0.25) is 4.79 Å². The molecule has 176 valence electrons. The molecular formula is C21H30IN5O4S. The summed E-state index contributed by atoms with van der Waals surface area (Å²) in [5.74, 6) is 1.10. The lowest BCUT2D eigenvalue weighted by atomic mass is 10.1. The third-order valence-corrected chi connectivity index (χ3v) is 5.40. The lowest BCUT2D eigenvalue weighted by molar-refractivity contribution is -0.127. The van der Waals surface area contributed by atoms with Gasteiger partial charge in [-0.25, -0.2) is 18.5 Å². The highest BCUT2D eigenvalue weighted by Gasteiger charge is 2.09. The minimum atomic E-state index is -3.74. The highest BCUT2D eigenvalue weighted by atomic mass is 127. The van der Waals surface area contributed by atoms with Gasteiger partial charge in [0.15, 0.2) is 5.96 Å². The topological polar surface area (TPSA) is 126 Å². The zero-order valence-corrected chi connectivity index (χ0v) is 21.7. The van der Waals surface area contributed by atoms with Crippen molar-refractivity contribution in [1.82, 2.24) is 15.5 Å². The number of hydrogen-bond donors (Lipinski definition) is 3. The van der Waals surface area contributed by atoms with Crippen LogP contribution in [-0.2, 0) is 27.9 Å². The van der Waals surface area contributed by atoms with Gasteiger partial charge in [-0.15, -0.1) is 24.0 Å². The Kier molecular flexibility index (Phi) is 10.9. The Morgan fingerprint density at radius 1 is 1.12 bits per heavy atom. The van der Waals surface area contributed by atoms with Crippen LogP contribution in [0.2, 0.25) is 0 Å². The van der Waals surface area contributed by atoms with E-state index in [-0.39, 0.29) is 47.9 Å². The predicted octanol–water partition coefficient (Wildman–Crippen LogP) is 1.59. The molecule has 9 nitrogen and oxygen atoms in total. The van der Waals surface area contributed by atoms with Gasteiger partial charge in [0.05, 0.1) is 25.1 Å². The summed E-state index contributed by atoms with van der Waals surface area (Å²) in [6.07, 6.45) is 0. The standard InChI is InChI=1S/C21H29N5O4S.HI/c1-15-5-8-17(19(11-15)30-4)13-24-21(25-14-20(27)26(2)3)23-12-16-6-9-18(10-7-16)31(22,28)29;/h5-11H,12-14H2,1-4H3,(H2,22,28,29)(H2,23,24,25);1H. The van der Waals surface area contributed by atoms with E-state index in [9.17, 15) is 13.2 Å². The number of methoxy groups -OCH3 is 1. The van der Waals surface area contributed by atoms with E-state index in [1.165, 1.54) is 17.0 Å². The molecule has 0 aliphatic heterocycles. The number of guanidine groups is 1. The van der Waals surface area contributed by atoms with Gasteiger partial charge in [0, 0.05) is 26.2 Å². The zero-order chi connectivity index (χ0) is 23.0. The van der Waals surface area contributed by atoms with Crippen LogP contribution in [0.5, 0.6) is 5.75 Å². The van der Waals surface area contributed by atoms with Crippen LogP contribution in [0.3, 0.4) is 0 Å². The summed E-state index contributed by atoms with van der Waals surface area (Å²) in [5.41, 5.74) is 2.83. The number of nitrogens with two attached hydrogens (primary N) is 1. The third kappa shape index (κ3) is 8.63. The van der Waals surface area contributed by atoms with E-state index in [4.69, 9.17) is 9.88 Å². The minimum Gasteiger partial charge on any atom is -0.496 e. The van der Waals surface area contributed by atoms with E-state index in [2.05, 4.69) is 15.6 Å². The van der Waals surface area contributed by atoms with Crippen LogP contribution in [0, 0.1) is 6.92 Å². The number of rotatable bonds is 8. The van der Waals surface area contributed by atoms with Crippen LogP contribution < -0.4 is 20.5 Å². The smallest absolute Gasteiger partial charge is 0.241 e. The summed E-state index contributed by atoms with van der Waals surface area (Å²) >= 11 is 0. The largest absolute Gasteiger partial charge is 0.496 e. The predicted molar refractivity (Wildman–Crippen MR) is 136 cm³/mol. The molecule has 32 heavy (non-hydrogen) atoms. The molecule has 0 bridgehead atoms. The first-order chi connectivity index (χ1) is 14.6. The number of aliphatic imine (C=N–C) groups is 1. The number of aryl methyl sites for hydroxylation is 1. The molecular weight excluding hydrogens is 545 g/mol. The van der Waals surface area contributed by atoms with Crippen molar-refractivity contribution >= 4 is 45.9 Å². The molecule has 0 radical (unpaired) electrons. The quantitative estimate of drug-likeness (QED) is 0.250. The molecule has 2 aromatic carbocycles. The van der Waals surface area contributed by atoms with Crippen LogP contribution in [0.25, 0.3) is 0 Å². The Labute approximate surface area is 206 Å².